The lowest BCUT2D eigenvalue weighted by molar-refractivity contribution is -0.120. The van der Waals surface area contributed by atoms with Gasteiger partial charge >= 0.3 is 0 Å². The summed E-state index contributed by atoms with van der Waals surface area (Å²) >= 11 is 1.35. The van der Waals surface area contributed by atoms with Crippen molar-refractivity contribution in [1.29, 1.82) is 0 Å². The molecule has 0 saturated heterocycles. The number of nitrogens with one attached hydrogen (secondary N) is 2. The van der Waals surface area contributed by atoms with Crippen molar-refractivity contribution in [3.63, 3.8) is 0 Å². The number of halogens is 1. The first-order valence-corrected chi connectivity index (χ1v) is 9.13. The molecule has 2 heterocycles. The molecule has 0 radical (unpaired) electrons. The predicted octanol–water partition coefficient (Wildman–Crippen LogP) is 2.56. The van der Waals surface area contributed by atoms with E-state index in [0.29, 0.717) is 16.3 Å². The molecule has 3 aromatic rings. The molecular formula is C19H19FN4O2S. The first kappa shape index (κ1) is 18.8. The molecule has 6 nitrogen and oxygen atoms in total. The Kier molecular flexibility index (Phi) is 5.66. The second-order valence-electron chi connectivity index (χ2n) is 6.01. The molecule has 0 spiro atoms. The summed E-state index contributed by atoms with van der Waals surface area (Å²) in [5.74, 6) is -0.701. The van der Waals surface area contributed by atoms with Crippen LogP contribution in [0.2, 0.25) is 0 Å². The number of carbonyl (C=O) groups is 2. The minimum atomic E-state index is -0.764. The van der Waals surface area contributed by atoms with Crippen molar-refractivity contribution in [2.45, 2.75) is 13.0 Å². The van der Waals surface area contributed by atoms with E-state index in [1.165, 1.54) is 17.4 Å². The Labute approximate surface area is 160 Å². The highest BCUT2D eigenvalue weighted by Crippen LogP contribution is 2.23. The van der Waals surface area contributed by atoms with Crippen LogP contribution in [0.25, 0.3) is 0 Å². The average Bonchev–Trinajstić information content (AvgIpc) is 3.27. The molecule has 1 aromatic carbocycles. The molecule has 0 bridgehead atoms. The monoisotopic (exact) mass is 386 g/mol. The summed E-state index contributed by atoms with van der Waals surface area (Å²) in [6.45, 7) is 1.69. The fraction of sp³-hybridized carbons (Fsp3) is 0.211. The van der Waals surface area contributed by atoms with Gasteiger partial charge in [-0.15, -0.1) is 11.3 Å². The second kappa shape index (κ2) is 8.13. The van der Waals surface area contributed by atoms with E-state index in [0.717, 1.165) is 4.88 Å². The van der Waals surface area contributed by atoms with Crippen LogP contribution in [0.3, 0.4) is 0 Å². The first-order chi connectivity index (χ1) is 13.0. The van der Waals surface area contributed by atoms with Crippen molar-refractivity contribution >= 4 is 23.2 Å². The standard InChI is InChI=1S/C19H19FN4O2S/c1-12-7-8-15(27-12)19(26)22-11-16(25)23-17(18-21-9-10-24(18)2)13-5-3-4-6-14(13)20/h3-10,17H,11H2,1-2H3,(H,22,26)(H,23,25). The molecule has 2 aromatic heterocycles. The van der Waals surface area contributed by atoms with Crippen LogP contribution in [-0.2, 0) is 11.8 Å². The number of hydrogen-bond acceptors (Lipinski definition) is 4. The summed E-state index contributed by atoms with van der Waals surface area (Å²) < 4.78 is 16.0. The van der Waals surface area contributed by atoms with Crippen LogP contribution in [0, 0.1) is 12.7 Å². The Bertz CT molecular complexity index is 966. The molecule has 140 valence electrons. The van der Waals surface area contributed by atoms with Crippen molar-refractivity contribution < 1.29 is 14.0 Å². The maximum absolute atomic E-state index is 14.3. The molecule has 0 saturated carbocycles. The van der Waals surface area contributed by atoms with Crippen LogP contribution in [-0.4, -0.2) is 27.9 Å². The maximum Gasteiger partial charge on any atom is 0.261 e. The van der Waals surface area contributed by atoms with Gasteiger partial charge in [-0.3, -0.25) is 9.59 Å². The zero-order valence-corrected chi connectivity index (χ0v) is 15.7. The van der Waals surface area contributed by atoms with E-state index in [9.17, 15) is 14.0 Å². The van der Waals surface area contributed by atoms with Gasteiger partial charge in [0, 0.05) is 29.9 Å². The SMILES string of the molecule is Cc1ccc(C(=O)NCC(=O)NC(c2ccccc2F)c2nccn2C)s1. The number of carbonyl (C=O) groups excluding carboxylic acids is 2. The van der Waals surface area contributed by atoms with Gasteiger partial charge in [0.1, 0.15) is 17.7 Å². The Balaban J connectivity index is 1.72. The maximum atomic E-state index is 14.3. The summed E-state index contributed by atoms with van der Waals surface area (Å²) in [6, 6.07) is 9.00. The highest BCUT2D eigenvalue weighted by molar-refractivity contribution is 7.13. The number of benzene rings is 1. The van der Waals surface area contributed by atoms with Crippen molar-refractivity contribution in [1.82, 2.24) is 20.2 Å². The first-order valence-electron chi connectivity index (χ1n) is 8.31. The van der Waals surface area contributed by atoms with Crippen molar-refractivity contribution in [2.24, 2.45) is 7.05 Å². The molecule has 1 unspecified atom stereocenters. The Morgan fingerprint density at radius 2 is 2.04 bits per heavy atom. The van der Waals surface area contributed by atoms with E-state index in [2.05, 4.69) is 15.6 Å². The normalized spacial score (nSPS) is 11.8. The zero-order chi connectivity index (χ0) is 19.4. The van der Waals surface area contributed by atoms with Crippen LogP contribution in [0.1, 0.15) is 32.0 Å². The average molecular weight is 386 g/mol. The lowest BCUT2D eigenvalue weighted by atomic mass is 10.1. The van der Waals surface area contributed by atoms with Gasteiger partial charge in [0.25, 0.3) is 5.91 Å². The van der Waals surface area contributed by atoms with Gasteiger partial charge in [-0.2, -0.15) is 0 Å². The number of nitrogens with zero attached hydrogens (tertiary/aromatic N) is 2. The van der Waals surface area contributed by atoms with Gasteiger partial charge in [0.2, 0.25) is 5.91 Å². The second-order valence-corrected chi connectivity index (χ2v) is 7.30. The Hall–Kier alpha value is -3.00. The number of hydrogen-bond donors (Lipinski definition) is 2. The van der Waals surface area contributed by atoms with E-state index in [1.54, 1.807) is 48.3 Å². The lowest BCUT2D eigenvalue weighted by Gasteiger charge is -2.19. The minimum Gasteiger partial charge on any atom is -0.342 e. The zero-order valence-electron chi connectivity index (χ0n) is 14.9. The summed E-state index contributed by atoms with van der Waals surface area (Å²) in [7, 11) is 1.77. The quantitative estimate of drug-likeness (QED) is 0.684. The van der Waals surface area contributed by atoms with Crippen molar-refractivity contribution in [3.8, 4) is 0 Å². The van der Waals surface area contributed by atoms with E-state index in [1.807, 2.05) is 13.0 Å². The van der Waals surface area contributed by atoms with E-state index >= 15 is 0 Å². The smallest absolute Gasteiger partial charge is 0.261 e. The van der Waals surface area contributed by atoms with Crippen molar-refractivity contribution in [3.05, 3.63) is 75.8 Å². The van der Waals surface area contributed by atoms with E-state index in [4.69, 9.17) is 0 Å². The summed E-state index contributed by atoms with van der Waals surface area (Å²) in [5.41, 5.74) is 0.306. The number of thiophene rings is 1. The van der Waals surface area contributed by atoms with E-state index < -0.39 is 17.8 Å². The topological polar surface area (TPSA) is 76.0 Å². The highest BCUT2D eigenvalue weighted by atomic mass is 32.1. The number of aromatic nitrogens is 2. The summed E-state index contributed by atoms with van der Waals surface area (Å²) in [5, 5.41) is 5.34. The molecule has 8 heteroatoms. The molecule has 1 atom stereocenters. The molecule has 0 fully saturated rings. The predicted molar refractivity (Wildman–Crippen MR) is 101 cm³/mol. The van der Waals surface area contributed by atoms with Gasteiger partial charge in [0.15, 0.2) is 0 Å². The Morgan fingerprint density at radius 3 is 2.67 bits per heavy atom. The van der Waals surface area contributed by atoms with Crippen LogP contribution >= 0.6 is 11.3 Å². The van der Waals surface area contributed by atoms with Crippen LogP contribution in [0.4, 0.5) is 4.39 Å². The fourth-order valence-electron chi connectivity index (χ4n) is 2.66. The molecule has 2 N–H and O–H groups in total. The minimum absolute atomic E-state index is 0.217. The molecular weight excluding hydrogens is 367 g/mol. The third-order valence-electron chi connectivity index (χ3n) is 4.01. The molecule has 2 amide bonds. The summed E-state index contributed by atoms with van der Waals surface area (Å²) in [6.07, 6.45) is 3.30. The lowest BCUT2D eigenvalue weighted by Crippen LogP contribution is -2.39. The molecule has 0 aliphatic heterocycles. The number of rotatable bonds is 6. The molecule has 0 aliphatic rings. The Morgan fingerprint density at radius 1 is 1.26 bits per heavy atom. The molecule has 27 heavy (non-hydrogen) atoms. The number of aryl methyl sites for hydroxylation is 2. The fourth-order valence-corrected chi connectivity index (χ4v) is 3.45. The van der Waals surface area contributed by atoms with Gasteiger partial charge in [-0.25, -0.2) is 9.37 Å². The van der Waals surface area contributed by atoms with Crippen LogP contribution < -0.4 is 10.6 Å². The third-order valence-corrected chi connectivity index (χ3v) is 5.01. The summed E-state index contributed by atoms with van der Waals surface area (Å²) in [4.78, 5) is 30.3. The van der Waals surface area contributed by atoms with Crippen LogP contribution in [0.15, 0.2) is 48.8 Å². The van der Waals surface area contributed by atoms with Gasteiger partial charge in [-0.05, 0) is 25.1 Å². The van der Waals surface area contributed by atoms with Crippen molar-refractivity contribution in [2.75, 3.05) is 6.54 Å². The molecule has 0 aliphatic carbocycles. The molecule has 3 rings (SSSR count). The largest absolute Gasteiger partial charge is 0.342 e. The third kappa shape index (κ3) is 4.40. The number of amides is 2. The van der Waals surface area contributed by atoms with Gasteiger partial charge in [0.05, 0.1) is 11.4 Å². The van der Waals surface area contributed by atoms with E-state index in [-0.39, 0.29) is 12.5 Å². The van der Waals surface area contributed by atoms with Gasteiger partial charge in [-0.1, -0.05) is 18.2 Å². The number of imidazole rings is 1. The van der Waals surface area contributed by atoms with Gasteiger partial charge < -0.3 is 15.2 Å². The van der Waals surface area contributed by atoms with Crippen LogP contribution in [0.5, 0.6) is 0 Å². The highest BCUT2D eigenvalue weighted by Gasteiger charge is 2.23.